The van der Waals surface area contributed by atoms with Gasteiger partial charge in [-0.15, -0.1) is 0 Å². The van der Waals surface area contributed by atoms with Crippen LogP contribution < -0.4 is 5.32 Å². The molecule has 2 N–H and O–H groups in total. The first kappa shape index (κ1) is 19.9. The van der Waals surface area contributed by atoms with Crippen LogP contribution in [-0.2, 0) is 14.2 Å². The van der Waals surface area contributed by atoms with Crippen LogP contribution in [0, 0.1) is 0 Å². The van der Waals surface area contributed by atoms with Crippen molar-refractivity contribution in [2.75, 3.05) is 25.1 Å². The van der Waals surface area contributed by atoms with Gasteiger partial charge in [-0.1, -0.05) is 18.2 Å². The number of aliphatic hydroxyl groups is 1. The summed E-state index contributed by atoms with van der Waals surface area (Å²) in [7, 11) is 0. The Hall–Kier alpha value is -3.08. The lowest BCUT2D eigenvalue weighted by Gasteiger charge is -2.17. The highest BCUT2D eigenvalue weighted by Gasteiger charge is 2.37. The van der Waals surface area contributed by atoms with Gasteiger partial charge in [-0.3, -0.25) is 4.57 Å². The molecule has 0 amide bonds. The normalized spacial score (nSPS) is 25.7. The van der Waals surface area contributed by atoms with E-state index in [0.717, 1.165) is 13.0 Å². The lowest BCUT2D eigenvalue weighted by Crippen LogP contribution is -2.21. The molecule has 2 aromatic heterocycles. The number of carbonyl (C=O) groups excluding carboxylic acids is 1. The minimum atomic E-state index is -0.785. The van der Waals surface area contributed by atoms with Crippen LogP contribution in [0.4, 0.5) is 5.82 Å². The van der Waals surface area contributed by atoms with Crippen LogP contribution >= 0.6 is 0 Å². The monoisotopic (exact) mass is 425 g/mol. The van der Waals surface area contributed by atoms with E-state index in [1.165, 1.54) is 6.33 Å². The van der Waals surface area contributed by atoms with Gasteiger partial charge in [0.2, 0.25) is 0 Å². The van der Waals surface area contributed by atoms with Gasteiger partial charge in [0.15, 0.2) is 23.2 Å². The van der Waals surface area contributed by atoms with Crippen LogP contribution in [0.1, 0.15) is 29.4 Å². The molecule has 10 heteroatoms. The molecule has 2 aliphatic rings. The number of fused-ring (bicyclic) bond motifs is 1. The number of ether oxygens (including phenoxy) is 3. The second-order valence-corrected chi connectivity index (χ2v) is 7.67. The summed E-state index contributed by atoms with van der Waals surface area (Å²) in [4.78, 5) is 25.2. The number of benzene rings is 1. The lowest BCUT2D eigenvalue weighted by atomic mass is 10.2. The van der Waals surface area contributed by atoms with Crippen molar-refractivity contribution in [2.24, 2.45) is 0 Å². The SMILES string of the molecule is O=C(OC[C@@H]1C[C@@H](O)C(n2cnc3c(N[C@@H]4CCOC4)ncnc32)O1)c1ccccc1. The number of nitrogens with zero attached hydrogens (tertiary/aromatic N) is 4. The summed E-state index contributed by atoms with van der Waals surface area (Å²) < 4.78 is 18.4. The van der Waals surface area contributed by atoms with Gasteiger partial charge in [0.05, 0.1) is 30.6 Å². The molecule has 0 aliphatic carbocycles. The molecule has 0 spiro atoms. The Morgan fingerprint density at radius 3 is 2.94 bits per heavy atom. The van der Waals surface area contributed by atoms with Gasteiger partial charge >= 0.3 is 5.97 Å². The number of hydrogen-bond acceptors (Lipinski definition) is 9. The molecule has 2 saturated heterocycles. The molecule has 5 rings (SSSR count). The molecular weight excluding hydrogens is 402 g/mol. The highest BCUT2D eigenvalue weighted by atomic mass is 16.6. The Morgan fingerprint density at radius 2 is 2.13 bits per heavy atom. The molecule has 4 atom stereocenters. The molecule has 3 aromatic rings. The molecule has 31 heavy (non-hydrogen) atoms. The number of anilines is 1. The van der Waals surface area contributed by atoms with E-state index < -0.39 is 24.4 Å². The molecule has 2 fully saturated rings. The number of esters is 1. The van der Waals surface area contributed by atoms with E-state index in [9.17, 15) is 9.90 Å². The van der Waals surface area contributed by atoms with Crippen LogP contribution in [0.25, 0.3) is 11.2 Å². The third kappa shape index (κ3) is 4.09. The molecule has 1 aromatic carbocycles. The zero-order valence-electron chi connectivity index (χ0n) is 16.8. The van der Waals surface area contributed by atoms with Gasteiger partial charge in [-0.2, -0.15) is 0 Å². The molecule has 0 saturated carbocycles. The largest absolute Gasteiger partial charge is 0.459 e. The number of rotatable bonds is 6. The topological polar surface area (TPSA) is 121 Å². The fourth-order valence-electron chi connectivity index (χ4n) is 3.90. The maximum atomic E-state index is 12.2. The van der Waals surface area contributed by atoms with Gasteiger partial charge in [0.25, 0.3) is 0 Å². The molecule has 0 radical (unpaired) electrons. The standard InChI is InChI=1S/C21H23N5O5/c27-16-8-15(10-30-21(28)13-4-2-1-3-5-13)31-20(16)26-12-24-17-18(22-11-23-19(17)26)25-14-6-7-29-9-14/h1-5,11-12,14-16,20,27H,6-10H2,(H,22,23,25)/t14-,15+,16-,20?/m1/s1. The molecule has 1 unspecified atom stereocenters. The van der Waals surface area contributed by atoms with Gasteiger partial charge < -0.3 is 24.6 Å². The van der Waals surface area contributed by atoms with E-state index in [0.29, 0.717) is 35.6 Å². The average Bonchev–Trinajstić information content (AvgIpc) is 3.53. The van der Waals surface area contributed by atoms with Crippen molar-refractivity contribution < 1.29 is 24.1 Å². The van der Waals surface area contributed by atoms with Crippen molar-refractivity contribution >= 4 is 23.0 Å². The van der Waals surface area contributed by atoms with Crippen molar-refractivity contribution in [1.82, 2.24) is 19.5 Å². The first-order valence-corrected chi connectivity index (χ1v) is 10.3. The van der Waals surface area contributed by atoms with Gasteiger partial charge in [0.1, 0.15) is 19.0 Å². The molecule has 0 bridgehead atoms. The zero-order valence-corrected chi connectivity index (χ0v) is 16.8. The highest BCUT2D eigenvalue weighted by Crippen LogP contribution is 2.32. The Balaban J connectivity index is 1.27. The van der Waals surface area contributed by atoms with Crippen molar-refractivity contribution in [3.8, 4) is 0 Å². The molecule has 162 valence electrons. The quantitative estimate of drug-likeness (QED) is 0.566. The van der Waals surface area contributed by atoms with Crippen molar-refractivity contribution in [1.29, 1.82) is 0 Å². The van der Waals surface area contributed by atoms with Crippen LogP contribution in [0.5, 0.6) is 0 Å². The fourth-order valence-corrected chi connectivity index (χ4v) is 3.90. The summed E-state index contributed by atoms with van der Waals surface area (Å²) >= 11 is 0. The van der Waals surface area contributed by atoms with Crippen LogP contribution in [-0.4, -0.2) is 68.7 Å². The van der Waals surface area contributed by atoms with E-state index in [1.54, 1.807) is 35.2 Å². The van der Waals surface area contributed by atoms with Crippen molar-refractivity contribution in [3.05, 3.63) is 48.5 Å². The van der Waals surface area contributed by atoms with Gasteiger partial charge in [0, 0.05) is 13.0 Å². The second kappa shape index (κ2) is 8.58. The zero-order chi connectivity index (χ0) is 21.2. The summed E-state index contributed by atoms with van der Waals surface area (Å²) in [5, 5.41) is 13.9. The first-order valence-electron chi connectivity index (χ1n) is 10.3. The molecule has 4 heterocycles. The predicted octanol–water partition coefficient (Wildman–Crippen LogP) is 1.53. The molecular formula is C21H23N5O5. The molecule has 2 aliphatic heterocycles. The number of hydrogen-bond donors (Lipinski definition) is 2. The highest BCUT2D eigenvalue weighted by molar-refractivity contribution is 5.89. The first-order chi connectivity index (χ1) is 15.2. The van der Waals surface area contributed by atoms with E-state index >= 15 is 0 Å². The summed E-state index contributed by atoms with van der Waals surface area (Å²) in [6, 6.07) is 8.94. The summed E-state index contributed by atoms with van der Waals surface area (Å²) in [6.07, 6.45) is 2.39. The minimum Gasteiger partial charge on any atom is -0.459 e. The van der Waals surface area contributed by atoms with Crippen LogP contribution in [0.2, 0.25) is 0 Å². The number of aliphatic hydroxyl groups excluding tert-OH is 1. The smallest absolute Gasteiger partial charge is 0.338 e. The average molecular weight is 425 g/mol. The Bertz CT molecular complexity index is 1050. The maximum Gasteiger partial charge on any atom is 0.338 e. The van der Waals surface area contributed by atoms with Gasteiger partial charge in [-0.05, 0) is 18.6 Å². The number of aromatic nitrogens is 4. The Kier molecular flexibility index (Phi) is 5.49. The van der Waals surface area contributed by atoms with Crippen molar-refractivity contribution in [2.45, 2.75) is 37.3 Å². The number of nitrogens with one attached hydrogen (secondary N) is 1. The van der Waals surface area contributed by atoms with Crippen LogP contribution in [0.15, 0.2) is 43.0 Å². The minimum absolute atomic E-state index is 0.0530. The van der Waals surface area contributed by atoms with Crippen molar-refractivity contribution in [3.63, 3.8) is 0 Å². The third-order valence-electron chi connectivity index (χ3n) is 5.48. The number of carbonyl (C=O) groups is 1. The van der Waals surface area contributed by atoms with Crippen LogP contribution in [0.3, 0.4) is 0 Å². The van der Waals surface area contributed by atoms with E-state index in [4.69, 9.17) is 14.2 Å². The summed E-state index contributed by atoms with van der Waals surface area (Å²) in [5.74, 6) is 0.203. The Morgan fingerprint density at radius 1 is 1.26 bits per heavy atom. The van der Waals surface area contributed by atoms with E-state index in [1.807, 2.05) is 6.07 Å². The van der Waals surface area contributed by atoms with E-state index in [-0.39, 0.29) is 12.6 Å². The summed E-state index contributed by atoms with van der Waals surface area (Å²) in [6.45, 7) is 1.40. The fraction of sp³-hybridized carbons (Fsp3) is 0.429. The summed E-state index contributed by atoms with van der Waals surface area (Å²) in [5.41, 5.74) is 1.63. The predicted molar refractivity (Wildman–Crippen MR) is 109 cm³/mol. The second-order valence-electron chi connectivity index (χ2n) is 7.67. The number of imidazole rings is 1. The maximum absolute atomic E-state index is 12.2. The molecule has 10 nitrogen and oxygen atoms in total. The lowest BCUT2D eigenvalue weighted by molar-refractivity contribution is -0.0531. The van der Waals surface area contributed by atoms with E-state index in [2.05, 4.69) is 20.3 Å². The Labute approximate surface area is 178 Å². The third-order valence-corrected chi connectivity index (χ3v) is 5.48. The van der Waals surface area contributed by atoms with Gasteiger partial charge in [-0.25, -0.2) is 19.7 Å².